The van der Waals surface area contributed by atoms with Crippen molar-refractivity contribution < 1.29 is 14.7 Å². The van der Waals surface area contributed by atoms with Crippen LogP contribution < -0.4 is 5.32 Å². The van der Waals surface area contributed by atoms with Gasteiger partial charge in [0, 0.05) is 37.6 Å². The molecule has 1 rings (SSSR count). The van der Waals surface area contributed by atoms with Crippen LogP contribution in [0.5, 0.6) is 0 Å². The van der Waals surface area contributed by atoms with Crippen LogP contribution in [0.15, 0.2) is 5.38 Å². The van der Waals surface area contributed by atoms with E-state index in [1.807, 2.05) is 12.3 Å². The first-order valence-corrected chi connectivity index (χ1v) is 6.91. The number of rotatable bonds is 6. The monoisotopic (exact) mass is 285 g/mol. The van der Waals surface area contributed by atoms with Crippen LogP contribution in [0.1, 0.15) is 17.6 Å². The largest absolute Gasteiger partial charge is 0.481 e. The Morgan fingerprint density at radius 1 is 1.58 bits per heavy atom. The molecule has 0 aliphatic heterocycles. The molecular weight excluding hydrogens is 266 g/mol. The third kappa shape index (κ3) is 5.25. The Balaban J connectivity index is 2.28. The predicted molar refractivity (Wildman–Crippen MR) is 73.4 cm³/mol. The molecule has 1 heterocycles. The lowest BCUT2D eigenvalue weighted by molar-refractivity contribution is -0.141. The molecule has 1 atom stereocenters. The molecule has 1 aromatic rings. The first-order chi connectivity index (χ1) is 8.90. The van der Waals surface area contributed by atoms with E-state index in [-0.39, 0.29) is 12.6 Å². The van der Waals surface area contributed by atoms with Crippen LogP contribution in [0.2, 0.25) is 0 Å². The molecule has 0 saturated heterocycles. The van der Waals surface area contributed by atoms with Gasteiger partial charge >= 0.3 is 12.0 Å². The summed E-state index contributed by atoms with van der Waals surface area (Å²) in [5.41, 5.74) is 0.985. The molecular formula is C12H19N3O3S. The standard InChI is InChI=1S/C12H19N3O3S/c1-8(11(16)17)6-15(3)12(18)13-5-4-10-14-9(2)7-19-10/h7-8H,4-6H2,1-3H3,(H,13,18)(H,16,17). The molecule has 0 radical (unpaired) electrons. The molecule has 6 nitrogen and oxygen atoms in total. The number of nitrogens with zero attached hydrogens (tertiary/aromatic N) is 2. The van der Waals surface area contributed by atoms with Crippen molar-refractivity contribution in [1.82, 2.24) is 15.2 Å². The summed E-state index contributed by atoms with van der Waals surface area (Å²) in [6.45, 7) is 4.19. The first kappa shape index (κ1) is 15.4. The number of amides is 2. The zero-order valence-corrected chi connectivity index (χ0v) is 12.2. The molecule has 0 spiro atoms. The van der Waals surface area contributed by atoms with Crippen molar-refractivity contribution in [2.45, 2.75) is 20.3 Å². The minimum absolute atomic E-state index is 0.192. The van der Waals surface area contributed by atoms with Crippen LogP contribution in [0.3, 0.4) is 0 Å². The van der Waals surface area contributed by atoms with Crippen molar-refractivity contribution in [3.8, 4) is 0 Å². The van der Waals surface area contributed by atoms with Crippen molar-refractivity contribution in [2.24, 2.45) is 5.92 Å². The summed E-state index contributed by atoms with van der Waals surface area (Å²) in [4.78, 5) is 28.1. The van der Waals surface area contributed by atoms with Gasteiger partial charge in [-0.1, -0.05) is 6.92 Å². The predicted octanol–water partition coefficient (Wildman–Crippen LogP) is 1.36. The normalized spacial score (nSPS) is 11.9. The number of hydrogen-bond acceptors (Lipinski definition) is 4. The lowest BCUT2D eigenvalue weighted by atomic mass is 10.2. The molecule has 0 aromatic carbocycles. The van der Waals surface area contributed by atoms with Crippen LogP contribution in [-0.4, -0.2) is 47.1 Å². The fourth-order valence-corrected chi connectivity index (χ4v) is 2.28. The quantitative estimate of drug-likeness (QED) is 0.826. The lowest BCUT2D eigenvalue weighted by Crippen LogP contribution is -2.41. The molecule has 0 bridgehead atoms. The van der Waals surface area contributed by atoms with Gasteiger partial charge in [0.1, 0.15) is 0 Å². The summed E-state index contributed by atoms with van der Waals surface area (Å²) in [7, 11) is 1.59. The maximum atomic E-state index is 11.7. The Morgan fingerprint density at radius 2 is 2.26 bits per heavy atom. The fraction of sp³-hybridized carbons (Fsp3) is 0.583. The average Bonchev–Trinajstić information content (AvgIpc) is 2.74. The molecule has 19 heavy (non-hydrogen) atoms. The van der Waals surface area contributed by atoms with E-state index in [1.165, 1.54) is 4.90 Å². The molecule has 1 aromatic heterocycles. The number of aromatic nitrogens is 1. The number of hydrogen-bond donors (Lipinski definition) is 2. The van der Waals surface area contributed by atoms with Gasteiger partial charge in [0.25, 0.3) is 0 Å². The van der Waals surface area contributed by atoms with E-state index in [0.29, 0.717) is 13.0 Å². The number of carbonyl (C=O) groups is 2. The zero-order valence-electron chi connectivity index (χ0n) is 11.3. The number of urea groups is 1. The van der Waals surface area contributed by atoms with E-state index < -0.39 is 11.9 Å². The molecule has 0 aliphatic rings. The highest BCUT2D eigenvalue weighted by molar-refractivity contribution is 7.09. The van der Waals surface area contributed by atoms with Crippen molar-refractivity contribution in [3.63, 3.8) is 0 Å². The molecule has 0 aliphatic carbocycles. The molecule has 2 amide bonds. The number of carboxylic acids is 1. The van der Waals surface area contributed by atoms with Crippen LogP contribution in [0, 0.1) is 12.8 Å². The number of aliphatic carboxylic acids is 1. The van der Waals surface area contributed by atoms with Crippen LogP contribution >= 0.6 is 11.3 Å². The van der Waals surface area contributed by atoms with Gasteiger partial charge in [-0.05, 0) is 6.92 Å². The number of thiazole rings is 1. The Kier molecular flexibility index (Phi) is 5.75. The van der Waals surface area contributed by atoms with Gasteiger partial charge in [-0.3, -0.25) is 4.79 Å². The topological polar surface area (TPSA) is 82.5 Å². The van der Waals surface area contributed by atoms with Crippen molar-refractivity contribution >= 4 is 23.3 Å². The Labute approximate surface area is 116 Å². The molecule has 1 unspecified atom stereocenters. The van der Waals surface area contributed by atoms with Gasteiger partial charge in [-0.2, -0.15) is 0 Å². The van der Waals surface area contributed by atoms with E-state index in [0.717, 1.165) is 10.7 Å². The second-order valence-corrected chi connectivity index (χ2v) is 5.43. The minimum atomic E-state index is -0.905. The Hall–Kier alpha value is -1.63. The van der Waals surface area contributed by atoms with Crippen LogP contribution in [0.25, 0.3) is 0 Å². The molecule has 2 N–H and O–H groups in total. The number of carboxylic acid groups (broad SMARTS) is 1. The highest BCUT2D eigenvalue weighted by atomic mass is 32.1. The van der Waals surface area contributed by atoms with E-state index in [4.69, 9.17) is 5.11 Å². The number of aryl methyl sites for hydroxylation is 1. The van der Waals surface area contributed by atoms with Crippen LogP contribution in [-0.2, 0) is 11.2 Å². The van der Waals surface area contributed by atoms with Gasteiger partial charge in [0.15, 0.2) is 0 Å². The lowest BCUT2D eigenvalue weighted by Gasteiger charge is -2.19. The van der Waals surface area contributed by atoms with Crippen molar-refractivity contribution in [2.75, 3.05) is 20.1 Å². The summed E-state index contributed by atoms with van der Waals surface area (Å²) in [5, 5.41) is 14.5. The number of carbonyl (C=O) groups excluding carboxylic acids is 1. The highest BCUT2D eigenvalue weighted by Gasteiger charge is 2.16. The maximum Gasteiger partial charge on any atom is 0.317 e. The third-order valence-corrected chi connectivity index (χ3v) is 3.62. The van der Waals surface area contributed by atoms with E-state index in [2.05, 4.69) is 10.3 Å². The van der Waals surface area contributed by atoms with Crippen molar-refractivity contribution in [1.29, 1.82) is 0 Å². The first-order valence-electron chi connectivity index (χ1n) is 6.03. The molecule has 106 valence electrons. The Morgan fingerprint density at radius 3 is 2.79 bits per heavy atom. The maximum absolute atomic E-state index is 11.7. The average molecular weight is 285 g/mol. The van der Waals surface area contributed by atoms with Gasteiger partial charge < -0.3 is 15.3 Å². The summed E-state index contributed by atoms with van der Waals surface area (Å²) >= 11 is 1.57. The van der Waals surface area contributed by atoms with Crippen molar-refractivity contribution in [3.05, 3.63) is 16.1 Å². The number of nitrogens with one attached hydrogen (secondary N) is 1. The molecule has 0 saturated carbocycles. The highest BCUT2D eigenvalue weighted by Crippen LogP contribution is 2.08. The second kappa shape index (κ2) is 7.08. The van der Waals surface area contributed by atoms with Gasteiger partial charge in [0.2, 0.25) is 0 Å². The third-order valence-electron chi connectivity index (χ3n) is 2.60. The molecule has 0 fully saturated rings. The van der Waals surface area contributed by atoms with Gasteiger partial charge in [0.05, 0.1) is 10.9 Å². The minimum Gasteiger partial charge on any atom is -0.481 e. The SMILES string of the molecule is Cc1csc(CCNC(=O)N(C)CC(C)C(=O)O)n1. The van der Waals surface area contributed by atoms with E-state index >= 15 is 0 Å². The summed E-state index contributed by atoms with van der Waals surface area (Å²) in [5.74, 6) is -1.48. The fourth-order valence-electron chi connectivity index (χ4n) is 1.50. The summed E-state index contributed by atoms with van der Waals surface area (Å²) in [6.07, 6.45) is 0.687. The second-order valence-electron chi connectivity index (χ2n) is 4.48. The Bertz CT molecular complexity index is 447. The van der Waals surface area contributed by atoms with Gasteiger partial charge in [-0.15, -0.1) is 11.3 Å². The van der Waals surface area contributed by atoms with E-state index in [1.54, 1.807) is 25.3 Å². The van der Waals surface area contributed by atoms with Gasteiger partial charge in [-0.25, -0.2) is 9.78 Å². The molecule has 7 heteroatoms. The summed E-state index contributed by atoms with van der Waals surface area (Å²) in [6, 6.07) is -0.263. The summed E-state index contributed by atoms with van der Waals surface area (Å²) < 4.78 is 0. The van der Waals surface area contributed by atoms with E-state index in [9.17, 15) is 9.59 Å². The zero-order chi connectivity index (χ0) is 14.4. The van der Waals surface area contributed by atoms with Crippen LogP contribution in [0.4, 0.5) is 4.79 Å². The smallest absolute Gasteiger partial charge is 0.317 e.